The lowest BCUT2D eigenvalue weighted by atomic mass is 10.2. The van der Waals surface area contributed by atoms with E-state index in [4.69, 9.17) is 64.9 Å². The molecule has 106 heavy (non-hydrogen) atoms. The first-order valence-electron chi connectivity index (χ1n) is 31.7. The van der Waals surface area contributed by atoms with Crippen LogP contribution in [0.1, 0.15) is 85.2 Å². The fourth-order valence-electron chi connectivity index (χ4n) is 9.15. The van der Waals surface area contributed by atoms with Gasteiger partial charge in [-0.05, 0) is 240 Å². The van der Waals surface area contributed by atoms with E-state index in [0.29, 0.717) is 33.4 Å². The first kappa shape index (κ1) is 71.9. The Hall–Kier alpha value is -13.9. The number of carbonyl (C=O) groups is 5. The van der Waals surface area contributed by atoms with Crippen molar-refractivity contribution < 1.29 is 80.5 Å². The summed E-state index contributed by atoms with van der Waals surface area (Å²) in [5, 5.41) is 32.4. The molecule has 1 heterocycles. The number of carbonyl (C=O) groups excluding carboxylic acids is 5. The van der Waals surface area contributed by atoms with Gasteiger partial charge in [0.15, 0.2) is 0 Å². The van der Waals surface area contributed by atoms with Crippen molar-refractivity contribution in [1.82, 2.24) is 0 Å². The minimum Gasteiger partial charge on any atom is -0.413 e. The average Bonchev–Trinajstić information content (AvgIpc) is 0.729. The molecule has 1 atom stereocenters. The van der Waals surface area contributed by atoms with Crippen LogP contribution in [0.4, 0.5) is 0 Å². The molecule has 26 nitrogen and oxygen atoms in total. The molecule has 1 aliphatic heterocycles. The maximum absolute atomic E-state index is 12.9. The van der Waals surface area contributed by atoms with E-state index in [1.807, 2.05) is 0 Å². The van der Waals surface area contributed by atoms with Crippen molar-refractivity contribution in [2.24, 2.45) is 44.5 Å². The highest BCUT2D eigenvalue weighted by molar-refractivity contribution is 7.79. The third kappa shape index (κ3) is 20.4. The quantitative estimate of drug-likeness (QED) is 0.0156. The summed E-state index contributed by atoms with van der Waals surface area (Å²) in [6.45, 7) is 0. The lowest BCUT2D eigenvalue weighted by Gasteiger charge is -2.33. The second kappa shape index (κ2) is 35.1. The van der Waals surface area contributed by atoms with E-state index in [9.17, 15) is 29.2 Å². The topological polar surface area (TPSA) is 318 Å². The Bertz CT molecular complexity index is 4820. The molecule has 0 saturated carbocycles. The zero-order valence-corrected chi connectivity index (χ0v) is 57.8. The molecule has 0 spiro atoms. The van der Waals surface area contributed by atoms with Gasteiger partial charge in [0.2, 0.25) is 0 Å². The molecule has 0 saturated heterocycles. The molecule has 11 aromatic rings. The Morgan fingerprint density at radius 2 is 0.396 bits per heavy atom. The molecular weight excluding hydrogens is 1420 g/mol. The van der Waals surface area contributed by atoms with E-state index in [-0.39, 0.29) is 62.3 Å². The van der Waals surface area contributed by atoms with Gasteiger partial charge in [-0.25, -0.2) is 24.0 Å². The van der Waals surface area contributed by atoms with Gasteiger partial charge in [0.05, 0.1) is 65.1 Å². The van der Waals surface area contributed by atoms with E-state index in [1.54, 1.807) is 297 Å². The van der Waals surface area contributed by atoms with Crippen LogP contribution in [0.25, 0.3) is 0 Å². The normalized spacial score (nSPS) is 14.3. The van der Waals surface area contributed by atoms with Crippen LogP contribution in [0.3, 0.4) is 0 Å². The van der Waals surface area contributed by atoms with Crippen LogP contribution in [0.15, 0.2) is 342 Å². The molecule has 0 fully saturated rings. The summed E-state index contributed by atoms with van der Waals surface area (Å²) in [4.78, 5) is 90.3. The summed E-state index contributed by atoms with van der Waals surface area (Å²) in [5.74, 6) is -3.02. The SMILES string of the molecule is O=C(O/N=C/c1ccc(OP2(Oc3ccc(/C=N/O)cc3)=NP(Oc3ccc(/C=N/OC(=O)c4ccccc4)cc3)(Oc3ccc(/C=N/OC(=O)c4ccccc4)cc3)=NP(Oc3ccc(/C=N/OC(=O)c4ccccc4)cc3)(Oc3ccc(/C=N/OC(=O)c4ccccc4)cc3)=N2)cc1)c1ccccc1. The molecular formula is C77H56N9O17P3. The number of hydrogen-bond donors (Lipinski definition) is 1. The minimum atomic E-state index is -4.70. The summed E-state index contributed by atoms with van der Waals surface area (Å²) >= 11 is 0. The molecule has 526 valence electrons. The predicted molar refractivity (Wildman–Crippen MR) is 397 cm³/mol. The van der Waals surface area contributed by atoms with Crippen molar-refractivity contribution in [3.8, 4) is 34.5 Å². The number of hydrogen-bond acceptors (Lipinski definition) is 26. The maximum Gasteiger partial charge on any atom is 0.460 e. The zero-order chi connectivity index (χ0) is 73.2. The van der Waals surface area contributed by atoms with Crippen molar-refractivity contribution in [3.63, 3.8) is 0 Å². The first-order valence-corrected chi connectivity index (χ1v) is 36.3. The van der Waals surface area contributed by atoms with Crippen molar-refractivity contribution >= 4 is 90.1 Å². The van der Waals surface area contributed by atoms with Gasteiger partial charge >= 0.3 is 52.8 Å². The molecule has 0 aliphatic carbocycles. The van der Waals surface area contributed by atoms with Crippen LogP contribution in [0, 0.1) is 0 Å². The molecule has 1 unspecified atom stereocenters. The van der Waals surface area contributed by atoms with Crippen LogP contribution >= 0.6 is 23.0 Å². The standard InChI is InChI=1S/C77H56N9O17P3/c87-73(62-16-6-1-7-17-62)93-79-51-57-28-40-68(41-29-57)99-104(98-67-38-26-56(27-39-67)50-78-92)84-105(100-69-42-30-58(31-43-69)52-80-94-74(88)63-18-8-2-9-19-63,101-70-44-32-59(33-45-70)53-81-95-75(89)64-20-10-3-11-21-64)86-106(85-104,102-71-46-34-60(35-47-71)54-82-96-76(90)65-22-12-4-13-23-65)103-72-48-36-61(37-49-72)55-83-97-77(91)66-24-14-5-15-25-66/h1-55,92H/b78-50+,79-51+,80-52+,81-53+,82-54+,83-55+. The Morgan fingerprint density at radius 1 is 0.236 bits per heavy atom. The molecule has 0 bridgehead atoms. The van der Waals surface area contributed by atoms with Gasteiger partial charge < -0.3 is 56.5 Å². The largest absolute Gasteiger partial charge is 0.460 e. The van der Waals surface area contributed by atoms with Gasteiger partial charge in [-0.2, -0.15) is 0 Å². The maximum atomic E-state index is 12.9. The summed E-state index contributed by atoms with van der Waals surface area (Å²) in [7, 11) is -14.1. The van der Waals surface area contributed by atoms with E-state index in [1.165, 1.54) is 37.3 Å². The van der Waals surface area contributed by atoms with Gasteiger partial charge in [0, 0.05) is 0 Å². The fraction of sp³-hybridized carbons (Fsp3) is 0. The molecule has 11 aromatic carbocycles. The van der Waals surface area contributed by atoms with Crippen LogP contribution in [-0.2, 0) is 24.2 Å². The van der Waals surface area contributed by atoms with E-state index < -0.39 is 52.8 Å². The summed E-state index contributed by atoms with van der Waals surface area (Å²) < 4.78 is 58.6. The average molecular weight is 1470 g/mol. The third-order valence-corrected chi connectivity index (χ3v) is 22.4. The molecule has 0 radical (unpaired) electrons. The lowest BCUT2D eigenvalue weighted by molar-refractivity contribution is 0.0510. The van der Waals surface area contributed by atoms with Gasteiger partial charge in [0.1, 0.15) is 34.5 Å². The Morgan fingerprint density at radius 3 is 0.557 bits per heavy atom. The zero-order valence-electron chi connectivity index (χ0n) is 55.1. The lowest BCUT2D eigenvalue weighted by Crippen LogP contribution is -2.11. The molecule has 1 N–H and O–H groups in total. The summed E-state index contributed by atoms with van der Waals surface area (Å²) in [6.07, 6.45) is 7.80. The Balaban J connectivity index is 1.01. The molecule has 1 aliphatic rings. The van der Waals surface area contributed by atoms with Crippen LogP contribution < -0.4 is 27.1 Å². The Labute approximate surface area is 605 Å². The molecule has 0 amide bonds. The minimum absolute atomic E-state index is 0.0683. The van der Waals surface area contributed by atoms with Gasteiger partial charge in [-0.1, -0.05) is 135 Å². The predicted octanol–water partition coefficient (Wildman–Crippen LogP) is 18.1. The van der Waals surface area contributed by atoms with Crippen molar-refractivity contribution in [2.45, 2.75) is 0 Å². The summed E-state index contributed by atoms with van der Waals surface area (Å²) in [5.41, 5.74) is 4.12. The van der Waals surface area contributed by atoms with E-state index >= 15 is 0 Å². The van der Waals surface area contributed by atoms with Crippen LogP contribution in [0.2, 0.25) is 0 Å². The van der Waals surface area contributed by atoms with Crippen molar-refractivity contribution in [3.05, 3.63) is 358 Å². The number of nitrogens with zero attached hydrogens (tertiary/aromatic N) is 9. The fourth-order valence-corrected chi connectivity index (χ4v) is 18.2. The third-order valence-electron chi connectivity index (χ3n) is 14.2. The number of benzene rings is 11. The second-order valence-corrected chi connectivity index (χ2v) is 28.0. The highest BCUT2D eigenvalue weighted by Crippen LogP contribution is 2.78. The molecule has 0 aromatic heterocycles. The smallest absolute Gasteiger partial charge is 0.413 e. The highest BCUT2D eigenvalue weighted by Gasteiger charge is 2.49. The van der Waals surface area contributed by atoms with E-state index in [0.717, 1.165) is 0 Å². The second-order valence-electron chi connectivity index (χ2n) is 21.8. The van der Waals surface area contributed by atoms with Gasteiger partial charge in [0.25, 0.3) is 0 Å². The first-order chi connectivity index (χ1) is 51.8. The molecule has 29 heteroatoms. The summed E-state index contributed by atoms with van der Waals surface area (Å²) in [6, 6.07) is 79.4. The van der Waals surface area contributed by atoms with E-state index in [2.05, 4.69) is 30.9 Å². The van der Waals surface area contributed by atoms with Gasteiger partial charge in [-0.3, -0.25) is 0 Å². The van der Waals surface area contributed by atoms with Crippen LogP contribution in [-0.4, -0.2) is 72.3 Å². The highest BCUT2D eigenvalue weighted by atomic mass is 31.3. The van der Waals surface area contributed by atoms with Crippen LogP contribution in [0.5, 0.6) is 34.5 Å². The number of oxime groups is 6. The van der Waals surface area contributed by atoms with Gasteiger partial charge in [-0.15, -0.1) is 0 Å². The van der Waals surface area contributed by atoms with Crippen molar-refractivity contribution in [2.75, 3.05) is 0 Å². The number of rotatable bonds is 28. The monoisotopic (exact) mass is 1470 g/mol. The van der Waals surface area contributed by atoms with Crippen molar-refractivity contribution in [1.29, 1.82) is 0 Å². The molecule has 12 rings (SSSR count). The Kier molecular flexibility index (Phi) is 23.8.